The summed E-state index contributed by atoms with van der Waals surface area (Å²) in [5, 5.41) is 12.3. The summed E-state index contributed by atoms with van der Waals surface area (Å²) in [5.74, 6) is 0.738. The first kappa shape index (κ1) is 13.6. The third-order valence-corrected chi connectivity index (χ3v) is 3.48. The number of benzene rings is 2. The van der Waals surface area contributed by atoms with Crippen molar-refractivity contribution >= 4 is 10.8 Å². The van der Waals surface area contributed by atoms with Gasteiger partial charge in [-0.25, -0.2) is 0 Å². The van der Waals surface area contributed by atoms with E-state index in [-0.39, 0.29) is 6.61 Å². The van der Waals surface area contributed by atoms with E-state index in [0.29, 0.717) is 0 Å². The van der Waals surface area contributed by atoms with Crippen LogP contribution in [0.25, 0.3) is 10.8 Å². The minimum absolute atomic E-state index is 0.231. The van der Waals surface area contributed by atoms with E-state index in [1.807, 2.05) is 55.5 Å². The fourth-order valence-electron chi connectivity index (χ4n) is 2.21. The van der Waals surface area contributed by atoms with Gasteiger partial charge in [0.2, 0.25) is 0 Å². The van der Waals surface area contributed by atoms with Crippen molar-refractivity contribution in [2.24, 2.45) is 0 Å². The van der Waals surface area contributed by atoms with Gasteiger partial charge in [0.1, 0.15) is 18.5 Å². The van der Waals surface area contributed by atoms with E-state index in [2.05, 4.69) is 4.98 Å². The molecule has 3 aromatic rings. The lowest BCUT2D eigenvalue weighted by molar-refractivity contribution is 0.108. The number of aryl methyl sites for hydroxylation is 1. The first-order valence-corrected chi connectivity index (χ1v) is 6.93. The summed E-state index contributed by atoms with van der Waals surface area (Å²) in [6.07, 6.45) is 2.94. The zero-order valence-corrected chi connectivity index (χ0v) is 11.9. The Morgan fingerprint density at radius 1 is 1.05 bits per heavy atom. The van der Waals surface area contributed by atoms with Crippen molar-refractivity contribution in [1.29, 1.82) is 0 Å². The number of aliphatic hydroxyl groups is 1. The second-order valence-corrected chi connectivity index (χ2v) is 5.12. The van der Waals surface area contributed by atoms with Crippen LogP contribution in [-0.4, -0.2) is 16.7 Å². The molecule has 0 aliphatic carbocycles. The van der Waals surface area contributed by atoms with Crippen LogP contribution in [0.1, 0.15) is 17.2 Å². The van der Waals surface area contributed by atoms with E-state index < -0.39 is 6.10 Å². The number of aliphatic hydroxyl groups excluding tert-OH is 1. The Kier molecular flexibility index (Phi) is 3.84. The molecule has 0 aliphatic heterocycles. The monoisotopic (exact) mass is 279 g/mol. The highest BCUT2D eigenvalue weighted by Crippen LogP contribution is 2.21. The molecule has 3 nitrogen and oxygen atoms in total. The highest BCUT2D eigenvalue weighted by molar-refractivity contribution is 5.82. The van der Waals surface area contributed by atoms with Crippen LogP contribution < -0.4 is 4.74 Å². The van der Waals surface area contributed by atoms with Gasteiger partial charge in [0.05, 0.1) is 0 Å². The smallest absolute Gasteiger partial charge is 0.120 e. The van der Waals surface area contributed by atoms with Crippen LogP contribution >= 0.6 is 0 Å². The third kappa shape index (κ3) is 3.20. The second kappa shape index (κ2) is 5.94. The van der Waals surface area contributed by atoms with Gasteiger partial charge in [-0.1, -0.05) is 35.9 Å². The molecular weight excluding hydrogens is 262 g/mol. The van der Waals surface area contributed by atoms with Gasteiger partial charge in [-0.3, -0.25) is 4.98 Å². The number of ether oxygens (including phenoxy) is 1. The number of aromatic nitrogens is 1. The maximum absolute atomic E-state index is 10.1. The minimum atomic E-state index is -0.629. The SMILES string of the molecule is Cc1ccc(C(O)COc2ccc3ccncc3c2)cc1. The van der Waals surface area contributed by atoms with Crippen LogP contribution in [0.2, 0.25) is 0 Å². The molecule has 1 heterocycles. The topological polar surface area (TPSA) is 42.4 Å². The summed E-state index contributed by atoms with van der Waals surface area (Å²) in [5.41, 5.74) is 2.04. The van der Waals surface area contributed by atoms with Gasteiger partial charge in [0, 0.05) is 17.8 Å². The Morgan fingerprint density at radius 3 is 2.67 bits per heavy atom. The fraction of sp³-hybridized carbons (Fsp3) is 0.167. The van der Waals surface area contributed by atoms with Crippen molar-refractivity contribution in [2.45, 2.75) is 13.0 Å². The zero-order valence-electron chi connectivity index (χ0n) is 11.9. The Balaban J connectivity index is 1.69. The van der Waals surface area contributed by atoms with E-state index >= 15 is 0 Å². The van der Waals surface area contributed by atoms with Crippen LogP contribution in [0.5, 0.6) is 5.75 Å². The first-order valence-electron chi connectivity index (χ1n) is 6.93. The second-order valence-electron chi connectivity index (χ2n) is 5.12. The van der Waals surface area contributed by atoms with Gasteiger partial charge in [-0.05, 0) is 36.1 Å². The molecule has 0 saturated heterocycles. The molecule has 1 aromatic heterocycles. The van der Waals surface area contributed by atoms with Crippen LogP contribution in [0.4, 0.5) is 0 Å². The van der Waals surface area contributed by atoms with Crippen molar-refractivity contribution in [2.75, 3.05) is 6.61 Å². The van der Waals surface area contributed by atoms with Crippen molar-refractivity contribution in [3.8, 4) is 5.75 Å². The van der Waals surface area contributed by atoms with Crippen LogP contribution in [0.15, 0.2) is 60.9 Å². The predicted molar refractivity (Wildman–Crippen MR) is 83.4 cm³/mol. The summed E-state index contributed by atoms with van der Waals surface area (Å²) in [4.78, 5) is 4.10. The fourth-order valence-corrected chi connectivity index (χ4v) is 2.21. The van der Waals surface area contributed by atoms with Gasteiger partial charge in [-0.2, -0.15) is 0 Å². The lowest BCUT2D eigenvalue weighted by Crippen LogP contribution is -2.09. The Hall–Kier alpha value is -2.39. The number of fused-ring (bicyclic) bond motifs is 1. The lowest BCUT2D eigenvalue weighted by Gasteiger charge is -2.13. The molecule has 0 amide bonds. The standard InChI is InChI=1S/C18H17NO2/c1-13-2-4-15(5-3-13)18(20)12-21-17-7-6-14-8-9-19-11-16(14)10-17/h2-11,18,20H,12H2,1H3. The molecule has 21 heavy (non-hydrogen) atoms. The molecule has 3 heteroatoms. The number of nitrogens with zero attached hydrogens (tertiary/aromatic N) is 1. The molecule has 2 aromatic carbocycles. The van der Waals surface area contributed by atoms with E-state index in [1.54, 1.807) is 12.4 Å². The van der Waals surface area contributed by atoms with E-state index in [9.17, 15) is 5.11 Å². The zero-order chi connectivity index (χ0) is 14.7. The van der Waals surface area contributed by atoms with Gasteiger partial charge >= 0.3 is 0 Å². The largest absolute Gasteiger partial charge is 0.491 e. The van der Waals surface area contributed by atoms with Gasteiger partial charge in [-0.15, -0.1) is 0 Å². The lowest BCUT2D eigenvalue weighted by atomic mass is 10.1. The van der Waals surface area contributed by atoms with Gasteiger partial charge < -0.3 is 9.84 Å². The minimum Gasteiger partial charge on any atom is -0.491 e. The average Bonchev–Trinajstić information content (AvgIpc) is 2.53. The van der Waals surface area contributed by atoms with Crippen molar-refractivity contribution in [3.63, 3.8) is 0 Å². The number of hydrogen-bond donors (Lipinski definition) is 1. The highest BCUT2D eigenvalue weighted by Gasteiger charge is 2.08. The molecule has 1 N–H and O–H groups in total. The predicted octanol–water partition coefficient (Wildman–Crippen LogP) is 3.66. The van der Waals surface area contributed by atoms with E-state index in [1.165, 1.54) is 5.56 Å². The maximum Gasteiger partial charge on any atom is 0.120 e. The summed E-state index contributed by atoms with van der Waals surface area (Å²) >= 11 is 0. The Morgan fingerprint density at radius 2 is 1.86 bits per heavy atom. The Labute approximate surface area is 123 Å². The maximum atomic E-state index is 10.1. The van der Waals surface area contributed by atoms with Crippen LogP contribution in [0.3, 0.4) is 0 Å². The molecule has 0 fully saturated rings. The van der Waals surface area contributed by atoms with Crippen LogP contribution in [0, 0.1) is 6.92 Å². The van der Waals surface area contributed by atoms with Crippen LogP contribution in [-0.2, 0) is 0 Å². The molecule has 106 valence electrons. The molecule has 1 atom stereocenters. The normalized spacial score (nSPS) is 12.3. The molecule has 1 unspecified atom stereocenters. The molecule has 0 bridgehead atoms. The average molecular weight is 279 g/mol. The summed E-state index contributed by atoms with van der Waals surface area (Å²) in [6.45, 7) is 2.25. The molecule has 0 aliphatic rings. The van der Waals surface area contributed by atoms with Crippen molar-refractivity contribution < 1.29 is 9.84 Å². The Bertz CT molecular complexity index is 738. The molecule has 0 radical (unpaired) electrons. The number of hydrogen-bond acceptors (Lipinski definition) is 3. The van der Waals surface area contributed by atoms with Crippen molar-refractivity contribution in [1.82, 2.24) is 4.98 Å². The van der Waals surface area contributed by atoms with E-state index in [4.69, 9.17) is 4.74 Å². The van der Waals surface area contributed by atoms with Gasteiger partial charge in [0.15, 0.2) is 0 Å². The number of pyridine rings is 1. The third-order valence-electron chi connectivity index (χ3n) is 3.48. The van der Waals surface area contributed by atoms with E-state index in [0.717, 1.165) is 22.1 Å². The summed E-state index contributed by atoms with van der Waals surface area (Å²) in [6, 6.07) is 15.6. The summed E-state index contributed by atoms with van der Waals surface area (Å²) in [7, 11) is 0. The van der Waals surface area contributed by atoms with Gasteiger partial charge in [0.25, 0.3) is 0 Å². The molecule has 0 spiro atoms. The first-order chi connectivity index (χ1) is 10.2. The molecule has 0 saturated carbocycles. The molecular formula is C18H17NO2. The van der Waals surface area contributed by atoms with Crippen molar-refractivity contribution in [3.05, 3.63) is 72.1 Å². The summed E-state index contributed by atoms with van der Waals surface area (Å²) < 4.78 is 5.68. The quantitative estimate of drug-likeness (QED) is 0.792. The molecule has 3 rings (SSSR count). The number of rotatable bonds is 4. The highest BCUT2D eigenvalue weighted by atomic mass is 16.5.